The summed E-state index contributed by atoms with van der Waals surface area (Å²) < 4.78 is 5.01. The van der Waals surface area contributed by atoms with Gasteiger partial charge in [0.05, 0.1) is 10.5 Å². The second kappa shape index (κ2) is 9.76. The molecule has 2 aromatic carbocycles. The van der Waals surface area contributed by atoms with Crippen molar-refractivity contribution in [3.63, 3.8) is 0 Å². The molecule has 0 spiro atoms. The van der Waals surface area contributed by atoms with Crippen LogP contribution < -0.4 is 16.0 Å². The van der Waals surface area contributed by atoms with Gasteiger partial charge in [-0.05, 0) is 24.3 Å². The standard InChI is InChI=1S/C18H20N4O5/c1-19-16-5-3-2-4-15(16)18(24)27-12-17(23)21-11-10-20-13-6-8-14(9-7-13)22(25)26/h2-9,19-20H,10-12H2,1H3,(H,21,23). The molecule has 2 aromatic rings. The van der Waals surface area contributed by atoms with Gasteiger partial charge >= 0.3 is 5.97 Å². The van der Waals surface area contributed by atoms with Crippen molar-refractivity contribution in [2.75, 3.05) is 37.4 Å². The zero-order valence-corrected chi connectivity index (χ0v) is 14.7. The first kappa shape index (κ1) is 19.7. The molecule has 9 nitrogen and oxygen atoms in total. The number of rotatable bonds is 9. The normalized spacial score (nSPS) is 9.96. The van der Waals surface area contributed by atoms with Crippen molar-refractivity contribution in [1.82, 2.24) is 5.32 Å². The molecule has 9 heteroatoms. The highest BCUT2D eigenvalue weighted by Gasteiger charge is 2.13. The van der Waals surface area contributed by atoms with E-state index >= 15 is 0 Å². The number of carbonyl (C=O) groups excluding carboxylic acids is 2. The van der Waals surface area contributed by atoms with Crippen LogP contribution in [0, 0.1) is 10.1 Å². The van der Waals surface area contributed by atoms with Crippen LogP contribution in [0.2, 0.25) is 0 Å². The molecule has 0 radical (unpaired) electrons. The van der Waals surface area contributed by atoms with Crippen LogP contribution in [0.15, 0.2) is 48.5 Å². The molecule has 3 N–H and O–H groups in total. The molecule has 27 heavy (non-hydrogen) atoms. The monoisotopic (exact) mass is 372 g/mol. The van der Waals surface area contributed by atoms with Gasteiger partial charge in [0, 0.05) is 43.6 Å². The summed E-state index contributed by atoms with van der Waals surface area (Å²) in [6, 6.07) is 12.8. The highest BCUT2D eigenvalue weighted by molar-refractivity contribution is 5.96. The number of nitrogens with zero attached hydrogens (tertiary/aromatic N) is 1. The van der Waals surface area contributed by atoms with Crippen molar-refractivity contribution in [1.29, 1.82) is 0 Å². The molecular weight excluding hydrogens is 352 g/mol. The summed E-state index contributed by atoms with van der Waals surface area (Å²) in [5.41, 5.74) is 1.68. The molecule has 0 aliphatic rings. The molecular formula is C18H20N4O5. The van der Waals surface area contributed by atoms with Crippen molar-refractivity contribution in [3.05, 3.63) is 64.2 Å². The predicted molar refractivity (Wildman–Crippen MR) is 101 cm³/mol. The number of nitrogens with one attached hydrogen (secondary N) is 3. The third kappa shape index (κ3) is 5.99. The molecule has 0 aromatic heterocycles. The summed E-state index contributed by atoms with van der Waals surface area (Å²) in [7, 11) is 1.69. The summed E-state index contributed by atoms with van der Waals surface area (Å²) in [6.45, 7) is 0.342. The van der Waals surface area contributed by atoms with Crippen molar-refractivity contribution in [2.24, 2.45) is 0 Å². The Labute approximate surface area is 155 Å². The third-order valence-corrected chi connectivity index (χ3v) is 3.61. The van der Waals surface area contributed by atoms with Gasteiger partial charge in [-0.15, -0.1) is 0 Å². The fourth-order valence-electron chi connectivity index (χ4n) is 2.25. The minimum atomic E-state index is -0.584. The fourth-order valence-corrected chi connectivity index (χ4v) is 2.25. The van der Waals surface area contributed by atoms with Crippen molar-refractivity contribution in [3.8, 4) is 0 Å². The fraction of sp³-hybridized carbons (Fsp3) is 0.222. The average Bonchev–Trinajstić information content (AvgIpc) is 2.69. The number of hydrogen-bond acceptors (Lipinski definition) is 7. The Morgan fingerprint density at radius 3 is 2.44 bits per heavy atom. The molecule has 0 saturated carbocycles. The maximum Gasteiger partial charge on any atom is 0.340 e. The first-order valence-corrected chi connectivity index (χ1v) is 8.20. The number of esters is 1. The maximum absolute atomic E-state index is 12.0. The van der Waals surface area contributed by atoms with Crippen LogP contribution in [0.4, 0.5) is 17.1 Å². The van der Waals surface area contributed by atoms with E-state index in [0.717, 1.165) is 0 Å². The van der Waals surface area contributed by atoms with Gasteiger partial charge in [0.25, 0.3) is 11.6 Å². The van der Waals surface area contributed by atoms with Crippen LogP contribution in [0.25, 0.3) is 0 Å². The van der Waals surface area contributed by atoms with Crippen LogP contribution >= 0.6 is 0 Å². The molecule has 2 rings (SSSR count). The highest BCUT2D eigenvalue weighted by Crippen LogP contribution is 2.15. The van der Waals surface area contributed by atoms with E-state index in [1.807, 2.05) is 0 Å². The van der Waals surface area contributed by atoms with E-state index in [2.05, 4.69) is 16.0 Å². The Bertz CT molecular complexity index is 808. The largest absolute Gasteiger partial charge is 0.452 e. The Balaban J connectivity index is 1.69. The zero-order valence-electron chi connectivity index (χ0n) is 14.7. The van der Waals surface area contributed by atoms with E-state index in [0.29, 0.717) is 30.0 Å². The van der Waals surface area contributed by atoms with Gasteiger partial charge in [0.1, 0.15) is 0 Å². The first-order chi connectivity index (χ1) is 13.0. The second-order valence-corrected chi connectivity index (χ2v) is 5.45. The minimum Gasteiger partial charge on any atom is -0.452 e. The van der Waals surface area contributed by atoms with Crippen molar-refractivity contribution >= 4 is 28.9 Å². The topological polar surface area (TPSA) is 123 Å². The Kier molecular flexibility index (Phi) is 7.12. The molecule has 0 aliphatic heterocycles. The number of benzene rings is 2. The van der Waals surface area contributed by atoms with Crippen LogP contribution in [0.1, 0.15) is 10.4 Å². The summed E-state index contributed by atoms with van der Waals surface area (Å²) >= 11 is 0. The van der Waals surface area contributed by atoms with E-state index in [9.17, 15) is 19.7 Å². The lowest BCUT2D eigenvalue weighted by Gasteiger charge is -2.10. The number of para-hydroxylation sites is 1. The van der Waals surface area contributed by atoms with Gasteiger partial charge in [0.15, 0.2) is 6.61 Å². The van der Waals surface area contributed by atoms with Crippen molar-refractivity contribution in [2.45, 2.75) is 0 Å². The zero-order chi connectivity index (χ0) is 19.6. The van der Waals surface area contributed by atoms with E-state index in [1.165, 1.54) is 12.1 Å². The quantitative estimate of drug-likeness (QED) is 0.266. The SMILES string of the molecule is CNc1ccccc1C(=O)OCC(=O)NCCNc1ccc([N+](=O)[O-])cc1. The number of hydrogen-bond donors (Lipinski definition) is 3. The number of amides is 1. The lowest BCUT2D eigenvalue weighted by molar-refractivity contribution is -0.384. The lowest BCUT2D eigenvalue weighted by Crippen LogP contribution is -2.32. The van der Waals surface area contributed by atoms with Crippen LogP contribution in [-0.4, -0.2) is 43.5 Å². The maximum atomic E-state index is 12.0. The summed E-state index contributed by atoms with van der Waals surface area (Å²) in [5.74, 6) is -1.00. The number of non-ortho nitro benzene ring substituents is 1. The number of anilines is 2. The average molecular weight is 372 g/mol. The molecule has 0 saturated heterocycles. The molecule has 0 heterocycles. The number of ether oxygens (including phenoxy) is 1. The molecule has 0 fully saturated rings. The molecule has 0 unspecified atom stereocenters. The second-order valence-electron chi connectivity index (χ2n) is 5.45. The lowest BCUT2D eigenvalue weighted by atomic mass is 10.2. The van der Waals surface area contributed by atoms with Crippen LogP contribution in [0.3, 0.4) is 0 Å². The third-order valence-electron chi connectivity index (χ3n) is 3.61. The number of nitro groups is 1. The number of carbonyl (C=O) groups is 2. The van der Waals surface area contributed by atoms with Crippen LogP contribution in [-0.2, 0) is 9.53 Å². The van der Waals surface area contributed by atoms with Gasteiger partial charge in [-0.2, -0.15) is 0 Å². The van der Waals surface area contributed by atoms with Gasteiger partial charge in [-0.1, -0.05) is 12.1 Å². The summed E-state index contributed by atoms with van der Waals surface area (Å²) in [4.78, 5) is 33.9. The minimum absolute atomic E-state index is 0.00974. The predicted octanol–water partition coefficient (Wildman–Crippen LogP) is 2.02. The molecule has 142 valence electrons. The van der Waals surface area contributed by atoms with Gasteiger partial charge in [-0.25, -0.2) is 4.79 Å². The van der Waals surface area contributed by atoms with E-state index in [1.54, 1.807) is 43.4 Å². The molecule has 0 bridgehead atoms. The van der Waals surface area contributed by atoms with Crippen LogP contribution in [0.5, 0.6) is 0 Å². The highest BCUT2D eigenvalue weighted by atomic mass is 16.6. The molecule has 0 aliphatic carbocycles. The Morgan fingerprint density at radius 2 is 1.78 bits per heavy atom. The molecule has 0 atom stereocenters. The van der Waals surface area contributed by atoms with E-state index < -0.39 is 16.8 Å². The first-order valence-electron chi connectivity index (χ1n) is 8.20. The van der Waals surface area contributed by atoms with Gasteiger partial charge < -0.3 is 20.7 Å². The number of nitro benzene ring substituents is 1. The van der Waals surface area contributed by atoms with Gasteiger partial charge in [0.2, 0.25) is 0 Å². The Morgan fingerprint density at radius 1 is 1.07 bits per heavy atom. The molecule has 1 amide bonds. The van der Waals surface area contributed by atoms with Crippen molar-refractivity contribution < 1.29 is 19.2 Å². The smallest absolute Gasteiger partial charge is 0.340 e. The summed E-state index contributed by atoms with van der Waals surface area (Å²) in [5, 5.41) is 19.1. The summed E-state index contributed by atoms with van der Waals surface area (Å²) in [6.07, 6.45) is 0. The van der Waals surface area contributed by atoms with E-state index in [-0.39, 0.29) is 12.3 Å². The van der Waals surface area contributed by atoms with E-state index in [4.69, 9.17) is 4.74 Å². The Hall–Kier alpha value is -3.62. The van der Waals surface area contributed by atoms with Gasteiger partial charge in [-0.3, -0.25) is 14.9 Å².